The fourth-order valence-corrected chi connectivity index (χ4v) is 3.16. The zero-order valence-corrected chi connectivity index (χ0v) is 13.8. The first kappa shape index (κ1) is 17.6. The number of nitrogens with one attached hydrogen (secondary N) is 2. The highest BCUT2D eigenvalue weighted by molar-refractivity contribution is 5.74. The number of hydrogen-bond donors (Lipinski definition) is 4. The first-order valence-electron chi connectivity index (χ1n) is 8.57. The monoisotopic (exact) mass is 320 g/mol. The zero-order valence-electron chi connectivity index (χ0n) is 13.8. The van der Waals surface area contributed by atoms with Gasteiger partial charge in [-0.2, -0.15) is 0 Å². The van der Waals surface area contributed by atoms with Gasteiger partial charge in [0.2, 0.25) is 0 Å². The number of benzene rings is 1. The summed E-state index contributed by atoms with van der Waals surface area (Å²) >= 11 is 0. The second-order valence-electron chi connectivity index (χ2n) is 6.52. The Morgan fingerprint density at radius 2 is 1.87 bits per heavy atom. The number of amides is 2. The Labute approximate surface area is 138 Å². The van der Waals surface area contributed by atoms with Crippen molar-refractivity contribution in [2.75, 3.05) is 6.54 Å². The molecule has 2 rings (SSSR count). The molecule has 0 spiro atoms. The van der Waals surface area contributed by atoms with E-state index in [9.17, 15) is 15.0 Å². The van der Waals surface area contributed by atoms with Gasteiger partial charge in [0.25, 0.3) is 0 Å². The molecule has 0 radical (unpaired) electrons. The Kier molecular flexibility index (Phi) is 6.71. The minimum absolute atomic E-state index is 0.155. The molecule has 23 heavy (non-hydrogen) atoms. The van der Waals surface area contributed by atoms with Crippen LogP contribution in [0, 0.1) is 5.92 Å². The van der Waals surface area contributed by atoms with Crippen LogP contribution >= 0.6 is 0 Å². The maximum atomic E-state index is 11.9. The number of aromatic hydroxyl groups is 1. The van der Waals surface area contributed by atoms with Crippen molar-refractivity contribution in [2.24, 2.45) is 5.92 Å². The van der Waals surface area contributed by atoms with Crippen LogP contribution in [-0.2, 0) is 0 Å². The topological polar surface area (TPSA) is 81.6 Å². The lowest BCUT2D eigenvalue weighted by Gasteiger charge is -2.23. The molecule has 4 N–H and O–H groups in total. The predicted molar refractivity (Wildman–Crippen MR) is 90.3 cm³/mol. The smallest absolute Gasteiger partial charge is 0.315 e. The molecule has 1 aromatic rings. The van der Waals surface area contributed by atoms with Gasteiger partial charge in [-0.1, -0.05) is 44.2 Å². The van der Waals surface area contributed by atoms with Gasteiger partial charge in [-0.05, 0) is 37.0 Å². The van der Waals surface area contributed by atoms with Crippen LogP contribution in [0.1, 0.15) is 57.1 Å². The third-order valence-electron chi connectivity index (χ3n) is 4.63. The van der Waals surface area contributed by atoms with Crippen LogP contribution in [0.15, 0.2) is 24.3 Å². The van der Waals surface area contributed by atoms with Crippen LogP contribution in [0.4, 0.5) is 4.79 Å². The maximum absolute atomic E-state index is 11.9. The van der Waals surface area contributed by atoms with E-state index in [-0.39, 0.29) is 11.8 Å². The first-order chi connectivity index (χ1) is 11.1. The molecule has 5 heteroatoms. The van der Waals surface area contributed by atoms with Gasteiger partial charge in [-0.15, -0.1) is 0 Å². The Morgan fingerprint density at radius 1 is 1.22 bits per heavy atom. The molecule has 2 amide bonds. The number of rotatable bonds is 6. The molecular formula is C18H28N2O3. The summed E-state index contributed by atoms with van der Waals surface area (Å²) in [6.07, 6.45) is 6.75. The van der Waals surface area contributed by atoms with Crippen LogP contribution in [-0.4, -0.2) is 28.8 Å². The molecule has 0 unspecified atom stereocenters. The second kappa shape index (κ2) is 8.77. The first-order valence-corrected chi connectivity index (χ1v) is 8.57. The summed E-state index contributed by atoms with van der Waals surface area (Å²) < 4.78 is 0. The van der Waals surface area contributed by atoms with Crippen LogP contribution in [0.25, 0.3) is 0 Å². The Hall–Kier alpha value is -1.75. The van der Waals surface area contributed by atoms with E-state index in [1.807, 2.05) is 0 Å². The molecule has 1 aromatic carbocycles. The molecule has 0 heterocycles. The number of aliphatic hydroxyl groups is 1. The lowest BCUT2D eigenvalue weighted by molar-refractivity contribution is 0.137. The van der Waals surface area contributed by atoms with Gasteiger partial charge >= 0.3 is 6.03 Å². The predicted octanol–water partition coefficient (Wildman–Crippen LogP) is 3.08. The fraction of sp³-hybridized carbons (Fsp3) is 0.611. The van der Waals surface area contributed by atoms with E-state index < -0.39 is 12.1 Å². The molecule has 0 aromatic heterocycles. The average molecular weight is 320 g/mol. The second-order valence-corrected chi connectivity index (χ2v) is 6.52. The summed E-state index contributed by atoms with van der Waals surface area (Å²) in [5.74, 6) is 0.895. The third kappa shape index (κ3) is 5.75. The lowest BCUT2D eigenvalue weighted by atomic mass is 9.87. The van der Waals surface area contributed by atoms with Crippen molar-refractivity contribution < 1.29 is 15.0 Å². The molecule has 1 aliphatic carbocycles. The minimum atomic E-state index is -0.806. The summed E-state index contributed by atoms with van der Waals surface area (Å²) in [7, 11) is 0. The molecule has 5 nitrogen and oxygen atoms in total. The number of urea groups is 1. The van der Waals surface area contributed by atoms with E-state index in [0.717, 1.165) is 12.3 Å². The summed E-state index contributed by atoms with van der Waals surface area (Å²) in [5, 5.41) is 25.1. The third-order valence-corrected chi connectivity index (χ3v) is 4.63. The molecule has 0 aliphatic heterocycles. The number of aliphatic hydroxyl groups excluding tert-OH is 1. The van der Waals surface area contributed by atoms with Gasteiger partial charge in [0.05, 0.1) is 12.1 Å². The van der Waals surface area contributed by atoms with Crippen LogP contribution in [0.2, 0.25) is 0 Å². The van der Waals surface area contributed by atoms with Gasteiger partial charge in [-0.3, -0.25) is 0 Å². The van der Waals surface area contributed by atoms with Crippen molar-refractivity contribution >= 4 is 6.03 Å². The average Bonchev–Trinajstić information content (AvgIpc) is 2.56. The Balaban J connectivity index is 1.70. The Bertz CT molecular complexity index is 484. The summed E-state index contributed by atoms with van der Waals surface area (Å²) in [6, 6.07) is 5.70. The molecule has 1 fully saturated rings. The van der Waals surface area contributed by atoms with E-state index >= 15 is 0 Å². The van der Waals surface area contributed by atoms with Crippen LogP contribution in [0.5, 0.6) is 5.75 Å². The molecule has 1 saturated carbocycles. The highest BCUT2D eigenvalue weighted by Crippen LogP contribution is 2.25. The molecule has 0 bridgehead atoms. The van der Waals surface area contributed by atoms with Crippen molar-refractivity contribution in [3.8, 4) is 5.75 Å². The van der Waals surface area contributed by atoms with Crippen LogP contribution in [0.3, 0.4) is 0 Å². The maximum Gasteiger partial charge on any atom is 0.315 e. The van der Waals surface area contributed by atoms with Gasteiger partial charge in [0, 0.05) is 6.54 Å². The molecule has 2 atom stereocenters. The molecular weight excluding hydrogens is 292 g/mol. The van der Waals surface area contributed by atoms with Gasteiger partial charge < -0.3 is 20.8 Å². The van der Waals surface area contributed by atoms with Crippen LogP contribution < -0.4 is 10.6 Å². The molecule has 128 valence electrons. The fourth-order valence-electron chi connectivity index (χ4n) is 3.16. The van der Waals surface area contributed by atoms with Gasteiger partial charge in [-0.25, -0.2) is 4.79 Å². The Morgan fingerprint density at radius 3 is 2.52 bits per heavy atom. The van der Waals surface area contributed by atoms with Crippen molar-refractivity contribution in [3.63, 3.8) is 0 Å². The lowest BCUT2D eigenvalue weighted by Crippen LogP contribution is -2.43. The molecule has 0 saturated heterocycles. The normalized spacial score (nSPS) is 18.2. The van der Waals surface area contributed by atoms with E-state index in [1.165, 1.54) is 44.2 Å². The summed E-state index contributed by atoms with van der Waals surface area (Å²) in [6.45, 7) is 2.44. The van der Waals surface area contributed by atoms with E-state index in [0.29, 0.717) is 12.1 Å². The zero-order chi connectivity index (χ0) is 16.7. The van der Waals surface area contributed by atoms with Crippen molar-refractivity contribution in [1.82, 2.24) is 10.6 Å². The van der Waals surface area contributed by atoms with Crippen molar-refractivity contribution in [3.05, 3.63) is 29.8 Å². The van der Waals surface area contributed by atoms with Gasteiger partial charge in [0.1, 0.15) is 5.75 Å². The number of carbonyl (C=O) groups excluding carboxylic acids is 1. The van der Waals surface area contributed by atoms with E-state index in [4.69, 9.17) is 0 Å². The van der Waals surface area contributed by atoms with Crippen molar-refractivity contribution in [1.29, 1.82) is 0 Å². The standard InChI is InChI=1S/C18H28N2O3/c1-13(17(22)15-7-9-16(21)10-8-15)20-18(23)19-12-11-14-5-3-2-4-6-14/h7-10,13-14,17,21-22H,2-6,11-12H2,1H3,(H2,19,20,23)/t13-,17-/m1/s1. The highest BCUT2D eigenvalue weighted by Gasteiger charge is 2.19. The largest absolute Gasteiger partial charge is 0.508 e. The minimum Gasteiger partial charge on any atom is -0.508 e. The SMILES string of the molecule is C[C@@H](NC(=O)NCCC1CCCCC1)[C@@H](O)c1ccc(O)cc1. The quantitative estimate of drug-likeness (QED) is 0.650. The summed E-state index contributed by atoms with van der Waals surface area (Å²) in [5.41, 5.74) is 0.665. The summed E-state index contributed by atoms with van der Waals surface area (Å²) in [4.78, 5) is 11.9. The van der Waals surface area contributed by atoms with Crippen molar-refractivity contribution in [2.45, 2.75) is 57.6 Å². The number of carbonyl (C=O) groups is 1. The number of hydrogen-bond acceptors (Lipinski definition) is 3. The number of phenolic OH excluding ortho intramolecular Hbond substituents is 1. The van der Waals surface area contributed by atoms with Gasteiger partial charge in [0.15, 0.2) is 0 Å². The number of phenols is 1. The molecule has 1 aliphatic rings. The van der Waals surface area contributed by atoms with E-state index in [2.05, 4.69) is 10.6 Å². The van der Waals surface area contributed by atoms with E-state index in [1.54, 1.807) is 19.1 Å². The highest BCUT2D eigenvalue weighted by atomic mass is 16.3.